The Kier molecular flexibility index (Phi) is 8.26. The lowest BCUT2D eigenvalue weighted by atomic mass is 10.2. The number of carbonyl (C=O) groups excluding carboxylic acids is 2. The molecule has 0 radical (unpaired) electrons. The molecule has 0 N–H and O–H groups in total. The molecule has 0 atom stereocenters. The van der Waals surface area contributed by atoms with Gasteiger partial charge in [-0.05, 0) is 54.4 Å². The third-order valence-corrected chi connectivity index (χ3v) is 4.26. The van der Waals surface area contributed by atoms with Crippen LogP contribution < -0.4 is 14.2 Å². The van der Waals surface area contributed by atoms with E-state index in [0.717, 1.165) is 5.75 Å². The molecule has 3 aromatic carbocycles. The standard InChI is InChI=1S/C26H26O6/c1-19(2)18-31-25(27)20-8-7-13-24(17-20)32-26(28)21-9-6-12-23(16-21)30-15-14-29-22-10-4-3-5-11-22/h3-13,16-17,19H,14-15,18H2,1-2H3. The highest BCUT2D eigenvalue weighted by molar-refractivity contribution is 5.93. The molecule has 0 aromatic heterocycles. The highest BCUT2D eigenvalue weighted by Gasteiger charge is 2.13. The predicted octanol–water partition coefficient (Wildman–Crippen LogP) is 5.18. The maximum atomic E-state index is 12.6. The van der Waals surface area contributed by atoms with E-state index in [-0.39, 0.29) is 11.7 Å². The van der Waals surface area contributed by atoms with Crippen LogP contribution in [-0.4, -0.2) is 31.8 Å². The van der Waals surface area contributed by atoms with Gasteiger partial charge in [0.05, 0.1) is 17.7 Å². The van der Waals surface area contributed by atoms with E-state index in [1.165, 1.54) is 6.07 Å². The third kappa shape index (κ3) is 7.16. The topological polar surface area (TPSA) is 71.1 Å². The number of benzene rings is 3. The molecule has 32 heavy (non-hydrogen) atoms. The largest absolute Gasteiger partial charge is 0.490 e. The number of esters is 2. The molecule has 0 spiro atoms. The zero-order chi connectivity index (χ0) is 22.8. The lowest BCUT2D eigenvalue weighted by Crippen LogP contribution is -2.12. The summed E-state index contributed by atoms with van der Waals surface area (Å²) >= 11 is 0. The molecule has 0 aliphatic rings. The Bertz CT molecular complexity index is 1030. The Morgan fingerprint density at radius 1 is 0.688 bits per heavy atom. The van der Waals surface area contributed by atoms with Crippen LogP contribution >= 0.6 is 0 Å². The van der Waals surface area contributed by atoms with E-state index in [9.17, 15) is 9.59 Å². The van der Waals surface area contributed by atoms with Gasteiger partial charge in [-0.15, -0.1) is 0 Å². The smallest absolute Gasteiger partial charge is 0.343 e. The van der Waals surface area contributed by atoms with Gasteiger partial charge in [-0.3, -0.25) is 0 Å². The molecule has 6 heteroatoms. The van der Waals surface area contributed by atoms with Crippen molar-refractivity contribution in [2.75, 3.05) is 19.8 Å². The van der Waals surface area contributed by atoms with Crippen LogP contribution in [0.3, 0.4) is 0 Å². The second-order valence-corrected chi connectivity index (χ2v) is 7.45. The van der Waals surface area contributed by atoms with E-state index in [0.29, 0.717) is 36.7 Å². The summed E-state index contributed by atoms with van der Waals surface area (Å²) in [5.41, 5.74) is 0.658. The van der Waals surface area contributed by atoms with Crippen molar-refractivity contribution in [2.45, 2.75) is 13.8 Å². The second kappa shape index (κ2) is 11.6. The van der Waals surface area contributed by atoms with Crippen LogP contribution in [0.25, 0.3) is 0 Å². The molecular formula is C26H26O6. The van der Waals surface area contributed by atoms with Crippen molar-refractivity contribution in [2.24, 2.45) is 5.92 Å². The minimum atomic E-state index is -0.552. The number of hydrogen-bond donors (Lipinski definition) is 0. The average Bonchev–Trinajstić information content (AvgIpc) is 2.81. The van der Waals surface area contributed by atoms with Gasteiger partial charge in [0.2, 0.25) is 0 Å². The molecule has 0 saturated carbocycles. The monoisotopic (exact) mass is 434 g/mol. The molecule has 0 bridgehead atoms. The predicted molar refractivity (Wildman–Crippen MR) is 120 cm³/mol. The average molecular weight is 434 g/mol. The maximum absolute atomic E-state index is 12.6. The second-order valence-electron chi connectivity index (χ2n) is 7.45. The zero-order valence-corrected chi connectivity index (χ0v) is 18.2. The first-order valence-electron chi connectivity index (χ1n) is 10.4. The summed E-state index contributed by atoms with van der Waals surface area (Å²) in [6.45, 7) is 4.94. The molecule has 6 nitrogen and oxygen atoms in total. The van der Waals surface area contributed by atoms with Crippen LogP contribution in [-0.2, 0) is 4.74 Å². The zero-order valence-electron chi connectivity index (χ0n) is 18.2. The molecule has 3 aromatic rings. The van der Waals surface area contributed by atoms with Crippen molar-refractivity contribution < 1.29 is 28.5 Å². The number of para-hydroxylation sites is 1. The molecule has 0 heterocycles. The molecule has 0 fully saturated rings. The fraction of sp³-hybridized carbons (Fsp3) is 0.231. The van der Waals surface area contributed by atoms with Gasteiger partial charge in [0, 0.05) is 0 Å². The normalized spacial score (nSPS) is 10.5. The molecule has 0 saturated heterocycles. The van der Waals surface area contributed by atoms with Gasteiger partial charge in [-0.1, -0.05) is 44.2 Å². The van der Waals surface area contributed by atoms with Crippen LogP contribution in [0.1, 0.15) is 34.6 Å². The molecule has 0 unspecified atom stereocenters. The minimum Gasteiger partial charge on any atom is -0.490 e. The fourth-order valence-corrected chi connectivity index (χ4v) is 2.73. The quantitative estimate of drug-likeness (QED) is 0.249. The maximum Gasteiger partial charge on any atom is 0.343 e. The van der Waals surface area contributed by atoms with Crippen molar-refractivity contribution >= 4 is 11.9 Å². The fourth-order valence-electron chi connectivity index (χ4n) is 2.73. The van der Waals surface area contributed by atoms with Gasteiger partial charge < -0.3 is 18.9 Å². The Morgan fingerprint density at radius 2 is 1.25 bits per heavy atom. The van der Waals surface area contributed by atoms with Crippen LogP contribution in [0.5, 0.6) is 17.2 Å². The number of ether oxygens (including phenoxy) is 4. The molecule has 166 valence electrons. The Labute approximate surface area is 187 Å². The van der Waals surface area contributed by atoms with E-state index in [1.807, 2.05) is 44.2 Å². The van der Waals surface area contributed by atoms with Crippen LogP contribution in [0.4, 0.5) is 0 Å². The molecule has 0 aliphatic heterocycles. The van der Waals surface area contributed by atoms with E-state index in [4.69, 9.17) is 18.9 Å². The van der Waals surface area contributed by atoms with Crippen molar-refractivity contribution in [3.05, 3.63) is 90.0 Å². The van der Waals surface area contributed by atoms with Crippen molar-refractivity contribution in [1.29, 1.82) is 0 Å². The number of carbonyl (C=O) groups is 2. The number of rotatable bonds is 10. The van der Waals surface area contributed by atoms with Crippen LogP contribution in [0.15, 0.2) is 78.9 Å². The van der Waals surface area contributed by atoms with Crippen LogP contribution in [0, 0.1) is 5.92 Å². The summed E-state index contributed by atoms with van der Waals surface area (Å²) in [6, 6.07) is 22.5. The van der Waals surface area contributed by atoms with E-state index in [1.54, 1.807) is 42.5 Å². The first-order valence-corrected chi connectivity index (χ1v) is 10.4. The van der Waals surface area contributed by atoms with Gasteiger partial charge >= 0.3 is 11.9 Å². The van der Waals surface area contributed by atoms with Gasteiger partial charge in [-0.2, -0.15) is 0 Å². The lowest BCUT2D eigenvalue weighted by Gasteiger charge is -2.10. The van der Waals surface area contributed by atoms with E-state index < -0.39 is 11.9 Å². The Hall–Kier alpha value is -3.80. The first-order chi connectivity index (χ1) is 15.5. The van der Waals surface area contributed by atoms with Crippen molar-refractivity contribution in [3.63, 3.8) is 0 Å². The van der Waals surface area contributed by atoms with E-state index in [2.05, 4.69) is 0 Å². The first kappa shape index (κ1) is 22.9. The summed E-state index contributed by atoms with van der Waals surface area (Å²) in [5.74, 6) is 0.787. The lowest BCUT2D eigenvalue weighted by molar-refractivity contribution is 0.0457. The molecule has 0 aliphatic carbocycles. The third-order valence-electron chi connectivity index (χ3n) is 4.26. The van der Waals surface area contributed by atoms with Crippen molar-refractivity contribution in [1.82, 2.24) is 0 Å². The van der Waals surface area contributed by atoms with E-state index >= 15 is 0 Å². The van der Waals surface area contributed by atoms with Gasteiger partial charge in [0.15, 0.2) is 0 Å². The highest BCUT2D eigenvalue weighted by atomic mass is 16.5. The highest BCUT2D eigenvalue weighted by Crippen LogP contribution is 2.19. The summed E-state index contributed by atoms with van der Waals surface area (Å²) in [7, 11) is 0. The SMILES string of the molecule is CC(C)COC(=O)c1cccc(OC(=O)c2cccc(OCCOc3ccccc3)c2)c1. The summed E-state index contributed by atoms with van der Waals surface area (Å²) < 4.78 is 21.9. The summed E-state index contributed by atoms with van der Waals surface area (Å²) in [6.07, 6.45) is 0. The van der Waals surface area contributed by atoms with Crippen molar-refractivity contribution in [3.8, 4) is 17.2 Å². The summed E-state index contributed by atoms with van der Waals surface area (Å²) in [4.78, 5) is 24.7. The number of hydrogen-bond acceptors (Lipinski definition) is 6. The van der Waals surface area contributed by atoms with Crippen LogP contribution in [0.2, 0.25) is 0 Å². The summed E-state index contributed by atoms with van der Waals surface area (Å²) in [5, 5.41) is 0. The molecular weight excluding hydrogens is 408 g/mol. The molecule has 3 rings (SSSR count). The van der Waals surface area contributed by atoms with Gasteiger partial charge in [0.25, 0.3) is 0 Å². The van der Waals surface area contributed by atoms with Gasteiger partial charge in [0.1, 0.15) is 30.5 Å². The molecule has 0 amide bonds. The Morgan fingerprint density at radius 3 is 1.94 bits per heavy atom. The Balaban J connectivity index is 1.54. The van der Waals surface area contributed by atoms with Gasteiger partial charge in [-0.25, -0.2) is 9.59 Å². The minimum absolute atomic E-state index is 0.236.